The first-order valence-corrected chi connectivity index (χ1v) is 6.21. The van der Waals surface area contributed by atoms with Crippen molar-refractivity contribution in [1.29, 1.82) is 0 Å². The van der Waals surface area contributed by atoms with Gasteiger partial charge in [0, 0.05) is 12.2 Å². The molecule has 0 saturated heterocycles. The van der Waals surface area contributed by atoms with E-state index in [1.165, 1.54) is 0 Å². The standard InChI is InChI=1S/C14H23NO/c1-3-10-14(16,11-4-2)12-15-13-8-6-5-7-9-13/h5-9,15-16H,3-4,10-12H2,1-2H3. The number of rotatable bonds is 7. The zero-order chi connectivity index (χ0) is 11.9. The van der Waals surface area contributed by atoms with Gasteiger partial charge in [-0.15, -0.1) is 0 Å². The maximum Gasteiger partial charge on any atom is 0.0819 e. The first-order valence-electron chi connectivity index (χ1n) is 6.21. The van der Waals surface area contributed by atoms with Crippen LogP contribution in [-0.2, 0) is 0 Å². The first-order chi connectivity index (χ1) is 7.70. The summed E-state index contributed by atoms with van der Waals surface area (Å²) >= 11 is 0. The number of anilines is 1. The molecule has 1 rings (SSSR count). The molecule has 0 aliphatic rings. The minimum absolute atomic E-state index is 0.556. The Hall–Kier alpha value is -1.02. The molecule has 16 heavy (non-hydrogen) atoms. The van der Waals surface area contributed by atoms with Crippen LogP contribution in [0.15, 0.2) is 30.3 Å². The van der Waals surface area contributed by atoms with E-state index in [0.717, 1.165) is 31.4 Å². The molecule has 2 heteroatoms. The molecular formula is C14H23NO. The molecule has 0 saturated carbocycles. The highest BCUT2D eigenvalue weighted by atomic mass is 16.3. The van der Waals surface area contributed by atoms with Gasteiger partial charge < -0.3 is 10.4 Å². The van der Waals surface area contributed by atoms with Crippen LogP contribution in [0.4, 0.5) is 5.69 Å². The Bertz CT molecular complexity index is 278. The van der Waals surface area contributed by atoms with Crippen LogP contribution in [0.25, 0.3) is 0 Å². The van der Waals surface area contributed by atoms with Gasteiger partial charge in [-0.05, 0) is 25.0 Å². The van der Waals surface area contributed by atoms with Crippen molar-refractivity contribution in [3.8, 4) is 0 Å². The van der Waals surface area contributed by atoms with Crippen molar-refractivity contribution in [2.45, 2.75) is 45.1 Å². The van der Waals surface area contributed by atoms with Gasteiger partial charge in [-0.25, -0.2) is 0 Å². The Morgan fingerprint density at radius 3 is 2.12 bits per heavy atom. The van der Waals surface area contributed by atoms with E-state index >= 15 is 0 Å². The van der Waals surface area contributed by atoms with Crippen molar-refractivity contribution in [1.82, 2.24) is 0 Å². The average molecular weight is 221 g/mol. The molecule has 0 unspecified atom stereocenters. The topological polar surface area (TPSA) is 32.3 Å². The van der Waals surface area contributed by atoms with Gasteiger partial charge in [0.1, 0.15) is 0 Å². The Kier molecular flexibility index (Phi) is 5.33. The van der Waals surface area contributed by atoms with Gasteiger partial charge >= 0.3 is 0 Å². The molecule has 0 bridgehead atoms. The summed E-state index contributed by atoms with van der Waals surface area (Å²) < 4.78 is 0. The molecule has 0 heterocycles. The third-order valence-electron chi connectivity index (χ3n) is 2.83. The third kappa shape index (κ3) is 4.23. The summed E-state index contributed by atoms with van der Waals surface area (Å²) in [4.78, 5) is 0. The van der Waals surface area contributed by atoms with Crippen LogP contribution in [0, 0.1) is 0 Å². The van der Waals surface area contributed by atoms with Crippen LogP contribution in [-0.4, -0.2) is 17.3 Å². The lowest BCUT2D eigenvalue weighted by molar-refractivity contribution is 0.0344. The van der Waals surface area contributed by atoms with Crippen molar-refractivity contribution in [2.75, 3.05) is 11.9 Å². The van der Waals surface area contributed by atoms with Gasteiger partial charge in [0.05, 0.1) is 5.60 Å². The number of hydrogen-bond donors (Lipinski definition) is 2. The Labute approximate surface area is 98.7 Å². The Morgan fingerprint density at radius 2 is 1.62 bits per heavy atom. The van der Waals surface area contributed by atoms with Crippen molar-refractivity contribution in [2.24, 2.45) is 0 Å². The fourth-order valence-electron chi connectivity index (χ4n) is 2.06. The van der Waals surface area contributed by atoms with Gasteiger partial charge in [-0.1, -0.05) is 44.9 Å². The lowest BCUT2D eigenvalue weighted by Crippen LogP contribution is -2.36. The smallest absolute Gasteiger partial charge is 0.0819 e. The normalized spacial score (nSPS) is 11.4. The van der Waals surface area contributed by atoms with Gasteiger partial charge in [0.25, 0.3) is 0 Å². The lowest BCUT2D eigenvalue weighted by atomic mass is 9.92. The maximum atomic E-state index is 10.4. The molecule has 1 aromatic carbocycles. The van der Waals surface area contributed by atoms with Crippen LogP contribution >= 0.6 is 0 Å². The van der Waals surface area contributed by atoms with E-state index in [2.05, 4.69) is 19.2 Å². The number of hydrogen-bond acceptors (Lipinski definition) is 2. The number of aliphatic hydroxyl groups is 1. The van der Waals surface area contributed by atoms with E-state index < -0.39 is 5.60 Å². The van der Waals surface area contributed by atoms with E-state index in [0.29, 0.717) is 6.54 Å². The minimum Gasteiger partial charge on any atom is -0.388 e. The first kappa shape index (κ1) is 13.0. The highest BCUT2D eigenvalue weighted by Crippen LogP contribution is 2.20. The van der Waals surface area contributed by atoms with Crippen molar-refractivity contribution in [3.63, 3.8) is 0 Å². The van der Waals surface area contributed by atoms with Gasteiger partial charge in [-0.2, -0.15) is 0 Å². The molecule has 2 nitrogen and oxygen atoms in total. The molecule has 0 spiro atoms. The minimum atomic E-state index is -0.556. The molecule has 0 radical (unpaired) electrons. The average Bonchev–Trinajstić information content (AvgIpc) is 2.29. The van der Waals surface area contributed by atoms with Gasteiger partial charge in [0.15, 0.2) is 0 Å². The second kappa shape index (κ2) is 6.54. The molecule has 0 amide bonds. The van der Waals surface area contributed by atoms with Crippen molar-refractivity contribution in [3.05, 3.63) is 30.3 Å². The molecule has 2 N–H and O–H groups in total. The van der Waals surface area contributed by atoms with Crippen LogP contribution < -0.4 is 5.32 Å². The molecule has 0 fully saturated rings. The summed E-state index contributed by atoms with van der Waals surface area (Å²) in [7, 11) is 0. The highest BCUT2D eigenvalue weighted by Gasteiger charge is 2.24. The third-order valence-corrected chi connectivity index (χ3v) is 2.83. The van der Waals surface area contributed by atoms with Crippen LogP contribution in [0.5, 0.6) is 0 Å². The van der Waals surface area contributed by atoms with Crippen molar-refractivity contribution >= 4 is 5.69 Å². The monoisotopic (exact) mass is 221 g/mol. The largest absolute Gasteiger partial charge is 0.388 e. The van der Waals surface area contributed by atoms with E-state index in [-0.39, 0.29) is 0 Å². The van der Waals surface area contributed by atoms with Crippen LogP contribution in [0.3, 0.4) is 0 Å². The van der Waals surface area contributed by atoms with E-state index in [4.69, 9.17) is 0 Å². The van der Waals surface area contributed by atoms with E-state index in [1.807, 2.05) is 30.3 Å². The number of nitrogens with one attached hydrogen (secondary N) is 1. The SMILES string of the molecule is CCCC(O)(CCC)CNc1ccccc1. The lowest BCUT2D eigenvalue weighted by Gasteiger charge is -2.28. The molecule has 1 aromatic rings. The van der Waals surface area contributed by atoms with E-state index in [9.17, 15) is 5.11 Å². The van der Waals surface area contributed by atoms with Crippen LogP contribution in [0.2, 0.25) is 0 Å². The van der Waals surface area contributed by atoms with E-state index in [1.54, 1.807) is 0 Å². The summed E-state index contributed by atoms with van der Waals surface area (Å²) in [6.07, 6.45) is 3.77. The summed E-state index contributed by atoms with van der Waals surface area (Å²) in [5.41, 5.74) is 0.521. The summed E-state index contributed by atoms with van der Waals surface area (Å²) in [5, 5.41) is 13.7. The number of benzene rings is 1. The number of para-hydroxylation sites is 1. The maximum absolute atomic E-state index is 10.4. The molecular weight excluding hydrogens is 198 g/mol. The zero-order valence-electron chi connectivity index (χ0n) is 10.4. The summed E-state index contributed by atoms with van der Waals surface area (Å²) in [5.74, 6) is 0. The quantitative estimate of drug-likeness (QED) is 0.739. The van der Waals surface area contributed by atoms with Crippen molar-refractivity contribution < 1.29 is 5.11 Å². The van der Waals surface area contributed by atoms with Crippen LogP contribution in [0.1, 0.15) is 39.5 Å². The molecule has 0 aromatic heterocycles. The predicted octanol–water partition coefficient (Wildman–Crippen LogP) is 3.43. The second-order valence-corrected chi connectivity index (χ2v) is 4.44. The second-order valence-electron chi connectivity index (χ2n) is 4.44. The molecule has 0 aliphatic carbocycles. The fourth-order valence-corrected chi connectivity index (χ4v) is 2.06. The Balaban J connectivity index is 2.49. The van der Waals surface area contributed by atoms with Gasteiger partial charge in [0.2, 0.25) is 0 Å². The molecule has 0 atom stereocenters. The zero-order valence-corrected chi connectivity index (χ0v) is 10.4. The molecule has 90 valence electrons. The highest BCUT2D eigenvalue weighted by molar-refractivity contribution is 5.42. The Morgan fingerprint density at radius 1 is 1.06 bits per heavy atom. The summed E-state index contributed by atoms with van der Waals surface area (Å²) in [6.45, 7) is 4.87. The summed E-state index contributed by atoms with van der Waals surface area (Å²) in [6, 6.07) is 10.0. The molecule has 0 aliphatic heterocycles. The predicted molar refractivity (Wildman–Crippen MR) is 69.7 cm³/mol. The van der Waals surface area contributed by atoms with Gasteiger partial charge in [-0.3, -0.25) is 0 Å². The fraction of sp³-hybridized carbons (Fsp3) is 0.571.